The molecule has 0 saturated heterocycles. The molecular formula is C12H13Cl2F. The van der Waals surface area contributed by atoms with Crippen molar-refractivity contribution >= 4 is 23.2 Å². The minimum Gasteiger partial charge on any atom is -0.205 e. The smallest absolute Gasteiger partial charge is 0.142 e. The molecule has 0 aromatic heterocycles. The standard InChI is InChI=1S/C12H13Cl2F/c13-8-12(4-1-5-12)7-9-2-3-10(14)11(15)6-9/h2-3,6H,1,4-5,7-8H2. The Morgan fingerprint density at radius 1 is 1.33 bits per heavy atom. The molecular weight excluding hydrogens is 234 g/mol. The molecule has 15 heavy (non-hydrogen) atoms. The van der Waals surface area contributed by atoms with Crippen molar-refractivity contribution in [2.75, 3.05) is 5.88 Å². The average molecular weight is 247 g/mol. The van der Waals surface area contributed by atoms with Gasteiger partial charge in [0.1, 0.15) is 5.82 Å². The van der Waals surface area contributed by atoms with E-state index in [1.165, 1.54) is 12.5 Å². The molecule has 0 N–H and O–H groups in total. The van der Waals surface area contributed by atoms with Crippen LogP contribution in [0.25, 0.3) is 0 Å². The molecule has 0 atom stereocenters. The van der Waals surface area contributed by atoms with E-state index >= 15 is 0 Å². The van der Waals surface area contributed by atoms with Crippen molar-refractivity contribution in [3.63, 3.8) is 0 Å². The van der Waals surface area contributed by atoms with Gasteiger partial charge in [0.2, 0.25) is 0 Å². The Kier molecular flexibility index (Phi) is 3.22. The number of benzene rings is 1. The van der Waals surface area contributed by atoms with Crippen LogP contribution in [0.2, 0.25) is 5.02 Å². The van der Waals surface area contributed by atoms with E-state index in [-0.39, 0.29) is 16.3 Å². The Labute approximate surface area is 99.4 Å². The van der Waals surface area contributed by atoms with Crippen molar-refractivity contribution in [3.05, 3.63) is 34.6 Å². The lowest BCUT2D eigenvalue weighted by Crippen LogP contribution is -2.33. The zero-order valence-electron chi connectivity index (χ0n) is 8.40. The van der Waals surface area contributed by atoms with E-state index in [1.54, 1.807) is 6.07 Å². The summed E-state index contributed by atoms with van der Waals surface area (Å²) in [5.74, 6) is 0.329. The Morgan fingerprint density at radius 3 is 2.53 bits per heavy atom. The van der Waals surface area contributed by atoms with Gasteiger partial charge in [-0.3, -0.25) is 0 Å². The van der Waals surface area contributed by atoms with Crippen LogP contribution in [-0.4, -0.2) is 5.88 Å². The Hall–Kier alpha value is -0.270. The highest BCUT2D eigenvalue weighted by Gasteiger charge is 2.36. The molecule has 0 heterocycles. The van der Waals surface area contributed by atoms with Crippen molar-refractivity contribution in [1.82, 2.24) is 0 Å². The fourth-order valence-electron chi connectivity index (χ4n) is 2.12. The van der Waals surface area contributed by atoms with Gasteiger partial charge in [-0.1, -0.05) is 24.1 Å². The van der Waals surface area contributed by atoms with Crippen molar-refractivity contribution in [2.45, 2.75) is 25.7 Å². The summed E-state index contributed by atoms with van der Waals surface area (Å²) in [5, 5.41) is 0.187. The summed E-state index contributed by atoms with van der Waals surface area (Å²) in [6, 6.07) is 5.03. The second kappa shape index (κ2) is 4.31. The lowest BCUT2D eigenvalue weighted by atomic mass is 9.67. The first kappa shape index (κ1) is 11.2. The molecule has 0 aliphatic heterocycles. The van der Waals surface area contributed by atoms with Crippen LogP contribution in [0.15, 0.2) is 18.2 Å². The highest BCUT2D eigenvalue weighted by atomic mass is 35.5. The van der Waals surface area contributed by atoms with Gasteiger partial charge in [0.25, 0.3) is 0 Å². The predicted molar refractivity (Wildman–Crippen MR) is 62.1 cm³/mol. The molecule has 1 aliphatic carbocycles. The maximum atomic E-state index is 13.2. The van der Waals surface area contributed by atoms with Crippen LogP contribution < -0.4 is 0 Å². The Bertz CT molecular complexity index is 353. The first-order valence-electron chi connectivity index (χ1n) is 5.15. The highest BCUT2D eigenvalue weighted by Crippen LogP contribution is 2.44. The summed E-state index contributed by atoms with van der Waals surface area (Å²) in [6.45, 7) is 0. The summed E-state index contributed by atoms with van der Waals surface area (Å²) in [4.78, 5) is 0. The van der Waals surface area contributed by atoms with Gasteiger partial charge in [-0.05, 0) is 42.4 Å². The average Bonchev–Trinajstić information content (AvgIpc) is 2.17. The van der Waals surface area contributed by atoms with Crippen LogP contribution in [-0.2, 0) is 6.42 Å². The van der Waals surface area contributed by atoms with Crippen LogP contribution in [0, 0.1) is 11.2 Å². The lowest BCUT2D eigenvalue weighted by Gasteiger charge is -2.40. The molecule has 0 unspecified atom stereocenters. The van der Waals surface area contributed by atoms with E-state index in [9.17, 15) is 4.39 Å². The first-order valence-corrected chi connectivity index (χ1v) is 6.06. The third-order valence-electron chi connectivity index (χ3n) is 3.26. The summed E-state index contributed by atoms with van der Waals surface area (Å²) >= 11 is 11.6. The van der Waals surface area contributed by atoms with Crippen LogP contribution in [0.3, 0.4) is 0 Å². The fraction of sp³-hybridized carbons (Fsp3) is 0.500. The largest absolute Gasteiger partial charge is 0.205 e. The quantitative estimate of drug-likeness (QED) is 0.693. The van der Waals surface area contributed by atoms with Gasteiger partial charge in [0, 0.05) is 5.88 Å². The third kappa shape index (κ3) is 2.29. The van der Waals surface area contributed by atoms with Gasteiger partial charge in [-0.15, -0.1) is 11.6 Å². The van der Waals surface area contributed by atoms with E-state index in [0.717, 1.165) is 24.8 Å². The van der Waals surface area contributed by atoms with E-state index < -0.39 is 0 Å². The molecule has 1 aliphatic rings. The summed E-state index contributed by atoms with van der Waals surface area (Å²) in [7, 11) is 0. The maximum absolute atomic E-state index is 13.2. The minimum absolute atomic E-state index is 0.187. The molecule has 1 aromatic carbocycles. The van der Waals surface area contributed by atoms with E-state index in [0.29, 0.717) is 5.88 Å². The normalized spacial score (nSPS) is 18.6. The predicted octanol–water partition coefficient (Wildman–Crippen LogP) is 4.43. The molecule has 2 rings (SSSR count). The van der Waals surface area contributed by atoms with Crippen molar-refractivity contribution in [3.8, 4) is 0 Å². The molecule has 0 radical (unpaired) electrons. The van der Waals surface area contributed by atoms with Crippen molar-refractivity contribution < 1.29 is 4.39 Å². The van der Waals surface area contributed by atoms with Gasteiger partial charge in [-0.2, -0.15) is 0 Å². The van der Waals surface area contributed by atoms with Crippen LogP contribution >= 0.6 is 23.2 Å². The second-order valence-corrected chi connectivity index (χ2v) is 5.09. The summed E-state index contributed by atoms with van der Waals surface area (Å²) < 4.78 is 13.2. The molecule has 0 nitrogen and oxygen atoms in total. The van der Waals surface area contributed by atoms with Gasteiger partial charge in [-0.25, -0.2) is 4.39 Å². The highest BCUT2D eigenvalue weighted by molar-refractivity contribution is 6.30. The first-order chi connectivity index (χ1) is 7.15. The van der Waals surface area contributed by atoms with Gasteiger partial charge in [0.15, 0.2) is 0 Å². The third-order valence-corrected chi connectivity index (χ3v) is 4.13. The zero-order chi connectivity index (χ0) is 10.9. The van der Waals surface area contributed by atoms with Crippen molar-refractivity contribution in [1.29, 1.82) is 0 Å². The monoisotopic (exact) mass is 246 g/mol. The second-order valence-electron chi connectivity index (χ2n) is 4.41. The molecule has 3 heteroatoms. The molecule has 0 spiro atoms. The van der Waals surface area contributed by atoms with E-state index in [4.69, 9.17) is 23.2 Å². The number of halogens is 3. The minimum atomic E-state index is -0.335. The van der Waals surface area contributed by atoms with E-state index in [2.05, 4.69) is 0 Å². The van der Waals surface area contributed by atoms with E-state index in [1.807, 2.05) is 6.07 Å². The number of rotatable bonds is 3. The topological polar surface area (TPSA) is 0 Å². The molecule has 1 aromatic rings. The maximum Gasteiger partial charge on any atom is 0.142 e. The number of alkyl halides is 1. The van der Waals surface area contributed by atoms with Crippen molar-refractivity contribution in [2.24, 2.45) is 5.41 Å². The molecule has 0 amide bonds. The number of hydrogen-bond donors (Lipinski definition) is 0. The Balaban J connectivity index is 2.13. The molecule has 1 fully saturated rings. The van der Waals surface area contributed by atoms with Gasteiger partial charge < -0.3 is 0 Å². The van der Waals surface area contributed by atoms with Crippen LogP contribution in [0.4, 0.5) is 4.39 Å². The Morgan fingerprint density at radius 2 is 2.07 bits per heavy atom. The molecule has 1 saturated carbocycles. The lowest BCUT2D eigenvalue weighted by molar-refractivity contribution is 0.166. The van der Waals surface area contributed by atoms with Crippen LogP contribution in [0.5, 0.6) is 0 Å². The van der Waals surface area contributed by atoms with Gasteiger partial charge in [0.05, 0.1) is 5.02 Å². The fourth-order valence-corrected chi connectivity index (χ4v) is 2.60. The summed E-state index contributed by atoms with van der Waals surface area (Å²) in [6.07, 6.45) is 4.41. The summed E-state index contributed by atoms with van der Waals surface area (Å²) in [5.41, 5.74) is 1.21. The SMILES string of the molecule is Fc1cc(CC2(CCl)CCC2)ccc1Cl. The zero-order valence-corrected chi connectivity index (χ0v) is 9.91. The molecule has 0 bridgehead atoms. The van der Waals surface area contributed by atoms with Crippen LogP contribution in [0.1, 0.15) is 24.8 Å². The van der Waals surface area contributed by atoms with Gasteiger partial charge >= 0.3 is 0 Å². The molecule has 82 valence electrons. The number of hydrogen-bond acceptors (Lipinski definition) is 0.